The first kappa shape index (κ1) is 17.5. The highest BCUT2D eigenvalue weighted by atomic mass is 16.5. The topological polar surface area (TPSA) is 9.23 Å². The monoisotopic (exact) mass is 394 g/mol. The summed E-state index contributed by atoms with van der Waals surface area (Å²) >= 11 is 0. The number of ether oxygens (including phenoxy) is 1. The summed E-state index contributed by atoms with van der Waals surface area (Å²) in [6.07, 6.45) is 0. The summed E-state index contributed by atoms with van der Waals surface area (Å²) in [5, 5.41) is 0. The second-order valence-electron chi connectivity index (χ2n) is 9.20. The quantitative estimate of drug-likeness (QED) is 0.446. The van der Waals surface area contributed by atoms with E-state index < -0.39 is 0 Å². The molecule has 0 radical (unpaired) electrons. The Morgan fingerprint density at radius 1 is 0.516 bits per heavy atom. The van der Waals surface area contributed by atoms with Gasteiger partial charge in [0.1, 0.15) is 5.75 Å². The van der Waals surface area contributed by atoms with Gasteiger partial charge in [0.05, 0.1) is 7.11 Å². The van der Waals surface area contributed by atoms with Gasteiger partial charge in [-0.3, -0.25) is 0 Å². The third-order valence-electron chi connectivity index (χ3n) is 7.79. The molecule has 144 valence electrons. The van der Waals surface area contributed by atoms with Crippen LogP contribution in [0, 0.1) is 0 Å². The molecule has 0 spiro atoms. The van der Waals surface area contributed by atoms with E-state index in [0.717, 1.165) is 5.75 Å². The molecular weight excluding hydrogens is 373 g/mol. The molecule has 0 fully saturated rings. The third-order valence-corrected chi connectivity index (χ3v) is 7.79. The average Bonchev–Trinajstić information content (AvgIpc) is 3.75. The number of hydrogen-bond acceptors (Lipinski definition) is 1. The lowest BCUT2D eigenvalue weighted by molar-refractivity contribution is 0.414. The Balaban J connectivity index is 1.36. The van der Waals surface area contributed by atoms with E-state index in [1.54, 1.807) is 29.0 Å². The summed E-state index contributed by atoms with van der Waals surface area (Å²) in [7, 11) is 1.74. The minimum Gasteiger partial charge on any atom is -0.497 e. The lowest BCUT2D eigenvalue weighted by Gasteiger charge is -2.27. The first-order valence-corrected chi connectivity index (χ1v) is 11.3. The molecule has 4 heteroatoms. The highest BCUT2D eigenvalue weighted by Crippen LogP contribution is 2.42. The lowest BCUT2D eigenvalue weighted by Crippen LogP contribution is -2.39. The zero-order chi connectivity index (χ0) is 20.5. The molecular formula is C27H21B3O. The minimum atomic E-state index is 0.457. The maximum Gasteiger partial charge on any atom is 0.214 e. The molecule has 0 saturated heterocycles. The van der Waals surface area contributed by atoms with E-state index in [0.29, 0.717) is 31.7 Å². The van der Waals surface area contributed by atoms with Gasteiger partial charge in [-0.25, -0.2) is 0 Å². The molecule has 0 saturated carbocycles. The molecule has 0 N–H and O–H groups in total. The van der Waals surface area contributed by atoms with Crippen LogP contribution in [0.2, 0.25) is 5.72 Å². The standard InChI is InChI=1S/C27H21B3O/c1-31-19-16-14-18(15-17-19)26(28-20-8-2-3-9-21(20)28)27(29-22-10-4-5-11-23(22)29)30-24-12-6-7-13-25(24)30/h2-17,26-27H,1H3. The summed E-state index contributed by atoms with van der Waals surface area (Å²) in [4.78, 5) is 0. The van der Waals surface area contributed by atoms with Gasteiger partial charge in [0.2, 0.25) is 20.1 Å². The Kier molecular flexibility index (Phi) is 3.64. The van der Waals surface area contributed by atoms with Crippen molar-refractivity contribution in [1.82, 2.24) is 0 Å². The van der Waals surface area contributed by atoms with Crippen LogP contribution in [-0.4, -0.2) is 27.2 Å². The smallest absolute Gasteiger partial charge is 0.214 e. The van der Waals surface area contributed by atoms with Crippen LogP contribution in [0.1, 0.15) is 11.4 Å². The van der Waals surface area contributed by atoms with Crippen LogP contribution in [-0.2, 0) is 0 Å². The molecule has 1 nitrogen and oxygen atoms in total. The molecule has 0 aliphatic carbocycles. The van der Waals surface area contributed by atoms with Crippen molar-refractivity contribution in [2.45, 2.75) is 11.5 Å². The highest BCUT2D eigenvalue weighted by Gasteiger charge is 2.60. The van der Waals surface area contributed by atoms with Crippen LogP contribution >= 0.6 is 0 Å². The molecule has 0 bridgehead atoms. The summed E-state index contributed by atoms with van der Waals surface area (Å²) in [5.74, 6) is 1.38. The SMILES string of the molecule is COc1ccc(C(B2c3ccccc32)C(B2c3ccccc32)B2c3ccccc32)cc1. The van der Waals surface area contributed by atoms with Crippen molar-refractivity contribution in [1.29, 1.82) is 0 Å². The molecule has 3 aliphatic heterocycles. The minimum absolute atomic E-state index is 0.457. The van der Waals surface area contributed by atoms with Gasteiger partial charge in [0.15, 0.2) is 0 Å². The lowest BCUT2D eigenvalue weighted by atomic mass is 9.23. The second kappa shape index (κ2) is 6.44. The molecule has 3 aliphatic rings. The normalized spacial score (nSPS) is 15.2. The average molecular weight is 394 g/mol. The fraction of sp³-hybridized carbons (Fsp3) is 0.111. The number of hydrogen-bond donors (Lipinski definition) is 0. The molecule has 1 unspecified atom stereocenters. The van der Waals surface area contributed by atoms with Crippen molar-refractivity contribution in [3.63, 3.8) is 0 Å². The van der Waals surface area contributed by atoms with Crippen molar-refractivity contribution in [2.24, 2.45) is 0 Å². The Morgan fingerprint density at radius 2 is 0.903 bits per heavy atom. The molecule has 31 heavy (non-hydrogen) atoms. The first-order valence-electron chi connectivity index (χ1n) is 11.3. The largest absolute Gasteiger partial charge is 0.497 e. The Hall–Kier alpha value is -3.13. The van der Waals surface area contributed by atoms with E-state index in [4.69, 9.17) is 4.74 Å². The van der Waals surface area contributed by atoms with E-state index in [1.165, 1.54) is 16.5 Å². The van der Waals surface area contributed by atoms with Crippen LogP contribution in [0.4, 0.5) is 0 Å². The predicted octanol–water partition coefficient (Wildman–Crippen LogP) is 1.10. The molecule has 0 amide bonds. The molecule has 3 heterocycles. The summed E-state index contributed by atoms with van der Waals surface area (Å²) < 4.78 is 5.47. The van der Waals surface area contributed by atoms with Crippen LogP contribution in [0.3, 0.4) is 0 Å². The zero-order valence-electron chi connectivity index (χ0n) is 17.5. The van der Waals surface area contributed by atoms with E-state index in [-0.39, 0.29) is 0 Å². The van der Waals surface area contributed by atoms with E-state index in [2.05, 4.69) is 97.1 Å². The van der Waals surface area contributed by atoms with Crippen molar-refractivity contribution in [2.75, 3.05) is 7.11 Å². The third kappa shape index (κ3) is 2.61. The van der Waals surface area contributed by atoms with Gasteiger partial charge in [-0.15, -0.1) is 0 Å². The van der Waals surface area contributed by atoms with Crippen LogP contribution in [0.15, 0.2) is 97.1 Å². The molecule has 4 aromatic carbocycles. The fourth-order valence-corrected chi connectivity index (χ4v) is 6.27. The number of rotatable bonds is 6. The van der Waals surface area contributed by atoms with Crippen LogP contribution < -0.4 is 37.5 Å². The van der Waals surface area contributed by atoms with Gasteiger partial charge in [-0.1, -0.05) is 129 Å². The number of benzene rings is 4. The highest BCUT2D eigenvalue weighted by molar-refractivity contribution is 7.19. The van der Waals surface area contributed by atoms with Crippen molar-refractivity contribution >= 4 is 52.9 Å². The predicted molar refractivity (Wildman–Crippen MR) is 134 cm³/mol. The molecule has 0 aromatic heterocycles. The molecule has 1 atom stereocenters. The maximum absolute atomic E-state index is 5.47. The van der Waals surface area contributed by atoms with E-state index in [9.17, 15) is 0 Å². The summed E-state index contributed by atoms with van der Waals surface area (Å²) in [6, 6.07) is 36.0. The second-order valence-corrected chi connectivity index (χ2v) is 9.20. The Bertz CT molecular complexity index is 1200. The number of methoxy groups -OCH3 is 1. The summed E-state index contributed by atoms with van der Waals surface area (Å²) in [5.41, 5.74) is 11.2. The van der Waals surface area contributed by atoms with Gasteiger partial charge in [0.25, 0.3) is 0 Å². The van der Waals surface area contributed by atoms with Gasteiger partial charge < -0.3 is 4.74 Å². The Labute approximate surface area is 184 Å². The first-order chi connectivity index (χ1) is 15.4. The van der Waals surface area contributed by atoms with Crippen LogP contribution in [0.25, 0.3) is 0 Å². The zero-order valence-corrected chi connectivity index (χ0v) is 17.5. The van der Waals surface area contributed by atoms with Crippen LogP contribution in [0.5, 0.6) is 5.75 Å². The number of fused-ring (bicyclic) bond motifs is 3. The van der Waals surface area contributed by atoms with Crippen molar-refractivity contribution in [3.05, 3.63) is 103 Å². The van der Waals surface area contributed by atoms with Gasteiger partial charge in [-0.05, 0) is 17.9 Å². The van der Waals surface area contributed by atoms with E-state index >= 15 is 0 Å². The Morgan fingerprint density at radius 3 is 1.29 bits per heavy atom. The summed E-state index contributed by atoms with van der Waals surface area (Å²) in [6.45, 7) is 1.62. The van der Waals surface area contributed by atoms with Gasteiger partial charge in [-0.2, -0.15) is 0 Å². The van der Waals surface area contributed by atoms with Crippen molar-refractivity contribution < 1.29 is 4.74 Å². The van der Waals surface area contributed by atoms with Gasteiger partial charge in [0, 0.05) is 0 Å². The maximum atomic E-state index is 5.47. The van der Waals surface area contributed by atoms with Gasteiger partial charge >= 0.3 is 0 Å². The van der Waals surface area contributed by atoms with Crippen molar-refractivity contribution in [3.8, 4) is 5.75 Å². The fourth-order valence-electron chi connectivity index (χ4n) is 6.27. The molecule has 7 rings (SSSR count). The van der Waals surface area contributed by atoms with E-state index in [1.807, 2.05) is 0 Å². The molecule has 4 aromatic rings.